The van der Waals surface area contributed by atoms with Gasteiger partial charge >= 0.3 is 11.7 Å². The minimum Gasteiger partial charge on any atom is -0.376 e. The van der Waals surface area contributed by atoms with Crippen molar-refractivity contribution in [2.75, 3.05) is 35.8 Å². The van der Waals surface area contributed by atoms with Crippen LogP contribution in [0.1, 0.15) is 6.42 Å². The van der Waals surface area contributed by atoms with Gasteiger partial charge in [-0.1, -0.05) is 0 Å². The van der Waals surface area contributed by atoms with Crippen molar-refractivity contribution in [3.05, 3.63) is 22.6 Å². The van der Waals surface area contributed by atoms with E-state index in [0.717, 1.165) is 34.6 Å². The maximum Gasteiger partial charge on any atom is 0.328 e. The molecule has 1 fully saturated rings. The Morgan fingerprint density at radius 3 is 2.50 bits per heavy atom. The smallest absolute Gasteiger partial charge is 0.328 e. The molecule has 0 aliphatic carbocycles. The SMILES string of the molecule is CN(C)c1cc2c(cc1NC(=O)N[C@@H]1CCSC1)n(C)c(=O)n2C. The zero-order valence-electron chi connectivity index (χ0n) is 14.4. The van der Waals surface area contributed by atoms with Crippen LogP contribution >= 0.6 is 11.8 Å². The summed E-state index contributed by atoms with van der Waals surface area (Å²) < 4.78 is 3.20. The molecule has 2 N–H and O–H groups in total. The summed E-state index contributed by atoms with van der Waals surface area (Å²) >= 11 is 1.86. The lowest BCUT2D eigenvalue weighted by Gasteiger charge is -2.20. The lowest BCUT2D eigenvalue weighted by molar-refractivity contribution is 0.249. The molecule has 1 aromatic heterocycles. The van der Waals surface area contributed by atoms with Crippen LogP contribution in [0, 0.1) is 0 Å². The zero-order chi connectivity index (χ0) is 17.4. The normalized spacial score (nSPS) is 17.2. The Bertz CT molecular complexity index is 833. The topological polar surface area (TPSA) is 71.3 Å². The number of carbonyl (C=O) groups is 1. The molecule has 1 saturated heterocycles. The van der Waals surface area contributed by atoms with Gasteiger partial charge in [-0.3, -0.25) is 9.13 Å². The van der Waals surface area contributed by atoms with Crippen molar-refractivity contribution in [2.45, 2.75) is 12.5 Å². The molecule has 1 atom stereocenters. The molecule has 2 heterocycles. The highest BCUT2D eigenvalue weighted by Gasteiger charge is 2.19. The molecule has 1 aromatic carbocycles. The second-order valence-electron chi connectivity index (χ2n) is 6.31. The number of anilines is 2. The number of hydrogen-bond donors (Lipinski definition) is 2. The third-order valence-corrected chi connectivity index (χ3v) is 5.55. The van der Waals surface area contributed by atoms with Crippen molar-refractivity contribution in [1.29, 1.82) is 0 Å². The monoisotopic (exact) mass is 349 g/mol. The summed E-state index contributed by atoms with van der Waals surface area (Å²) in [6.07, 6.45) is 1.00. The van der Waals surface area contributed by atoms with E-state index in [1.54, 1.807) is 23.2 Å². The van der Waals surface area contributed by atoms with E-state index in [2.05, 4.69) is 10.6 Å². The van der Waals surface area contributed by atoms with Crippen LogP contribution in [0.4, 0.5) is 16.2 Å². The molecule has 130 valence electrons. The van der Waals surface area contributed by atoms with Gasteiger partial charge in [-0.25, -0.2) is 9.59 Å². The highest BCUT2D eigenvalue weighted by molar-refractivity contribution is 7.99. The van der Waals surface area contributed by atoms with E-state index in [0.29, 0.717) is 5.69 Å². The fourth-order valence-corrected chi connectivity index (χ4v) is 4.15. The Morgan fingerprint density at radius 1 is 1.25 bits per heavy atom. The van der Waals surface area contributed by atoms with E-state index in [-0.39, 0.29) is 17.8 Å². The molecule has 0 bridgehead atoms. The molecule has 0 spiro atoms. The van der Waals surface area contributed by atoms with Crippen molar-refractivity contribution in [3.63, 3.8) is 0 Å². The largest absolute Gasteiger partial charge is 0.376 e. The van der Waals surface area contributed by atoms with Gasteiger partial charge in [0.15, 0.2) is 0 Å². The molecule has 1 aliphatic heterocycles. The summed E-state index contributed by atoms with van der Waals surface area (Å²) in [5, 5.41) is 5.95. The second kappa shape index (κ2) is 6.43. The van der Waals surface area contributed by atoms with E-state index in [9.17, 15) is 9.59 Å². The minimum absolute atomic E-state index is 0.0840. The molecule has 0 saturated carbocycles. The predicted molar refractivity (Wildman–Crippen MR) is 100 cm³/mol. The van der Waals surface area contributed by atoms with E-state index in [1.807, 2.05) is 42.9 Å². The second-order valence-corrected chi connectivity index (χ2v) is 7.46. The van der Waals surface area contributed by atoms with Crippen LogP contribution in [0.3, 0.4) is 0 Å². The maximum absolute atomic E-state index is 12.3. The number of amides is 2. The first kappa shape index (κ1) is 16.8. The summed E-state index contributed by atoms with van der Waals surface area (Å²) in [5.41, 5.74) is 3.10. The Hall–Kier alpha value is -2.09. The molecular formula is C16H23N5O2S. The standard InChI is InChI=1S/C16H23N5O2S/c1-19(2)12-8-14-13(20(3)16(23)21(14)4)7-11(12)18-15(22)17-10-5-6-24-9-10/h7-8,10H,5-6,9H2,1-4H3,(H2,17,18,22)/t10-/m1/s1. The number of hydrogen-bond acceptors (Lipinski definition) is 4. The first-order valence-electron chi connectivity index (χ1n) is 7.90. The first-order chi connectivity index (χ1) is 11.4. The van der Waals surface area contributed by atoms with Gasteiger partial charge < -0.3 is 15.5 Å². The van der Waals surface area contributed by atoms with Gasteiger partial charge in [-0.15, -0.1) is 0 Å². The van der Waals surface area contributed by atoms with Crippen LogP contribution in [0.5, 0.6) is 0 Å². The quantitative estimate of drug-likeness (QED) is 0.882. The molecular weight excluding hydrogens is 326 g/mol. The van der Waals surface area contributed by atoms with Crippen molar-refractivity contribution < 1.29 is 4.79 Å². The van der Waals surface area contributed by atoms with Crippen LogP contribution in [-0.2, 0) is 14.1 Å². The Labute approximate surface area is 145 Å². The number of benzene rings is 1. The van der Waals surface area contributed by atoms with E-state index >= 15 is 0 Å². The van der Waals surface area contributed by atoms with E-state index < -0.39 is 0 Å². The fourth-order valence-electron chi connectivity index (χ4n) is 3.00. The van der Waals surface area contributed by atoms with Gasteiger partial charge in [0, 0.05) is 40.0 Å². The van der Waals surface area contributed by atoms with E-state index in [1.165, 1.54) is 0 Å². The summed E-state index contributed by atoms with van der Waals surface area (Å²) in [5.74, 6) is 2.05. The molecule has 3 rings (SSSR count). The van der Waals surface area contributed by atoms with Crippen molar-refractivity contribution in [3.8, 4) is 0 Å². The van der Waals surface area contributed by atoms with Crippen LogP contribution in [0.25, 0.3) is 11.0 Å². The van der Waals surface area contributed by atoms with E-state index in [4.69, 9.17) is 0 Å². The van der Waals surface area contributed by atoms with Crippen LogP contribution in [-0.4, -0.2) is 46.8 Å². The number of urea groups is 1. The minimum atomic E-state index is -0.203. The predicted octanol–water partition coefficient (Wildman–Crippen LogP) is 1.57. The fraction of sp³-hybridized carbons (Fsp3) is 0.500. The number of nitrogens with one attached hydrogen (secondary N) is 2. The third-order valence-electron chi connectivity index (χ3n) is 4.38. The highest BCUT2D eigenvalue weighted by Crippen LogP contribution is 2.29. The molecule has 2 aromatic rings. The summed E-state index contributed by atoms with van der Waals surface area (Å²) in [6.45, 7) is 0. The molecule has 2 amide bonds. The Morgan fingerprint density at radius 2 is 1.92 bits per heavy atom. The Kier molecular flexibility index (Phi) is 4.49. The molecule has 7 nitrogen and oxygen atoms in total. The summed E-state index contributed by atoms with van der Waals surface area (Å²) in [6, 6.07) is 3.81. The van der Waals surface area contributed by atoms with Gasteiger partial charge in [-0.05, 0) is 24.3 Å². The number of aryl methyl sites for hydroxylation is 2. The molecule has 0 unspecified atom stereocenters. The lowest BCUT2D eigenvalue weighted by atomic mass is 10.2. The van der Waals surface area contributed by atoms with Gasteiger partial charge in [-0.2, -0.15) is 11.8 Å². The Balaban J connectivity index is 1.96. The number of thioether (sulfide) groups is 1. The number of imidazole rings is 1. The van der Waals surface area contributed by atoms with Gasteiger partial charge in [0.2, 0.25) is 0 Å². The first-order valence-corrected chi connectivity index (χ1v) is 9.06. The molecule has 0 radical (unpaired) electrons. The summed E-state index contributed by atoms with van der Waals surface area (Å²) in [4.78, 5) is 26.4. The number of aromatic nitrogens is 2. The molecule has 1 aliphatic rings. The van der Waals surface area contributed by atoms with Crippen LogP contribution in [0.2, 0.25) is 0 Å². The van der Waals surface area contributed by atoms with Gasteiger partial charge in [0.1, 0.15) is 0 Å². The third kappa shape index (κ3) is 2.98. The van der Waals surface area contributed by atoms with Crippen molar-refractivity contribution in [2.24, 2.45) is 14.1 Å². The zero-order valence-corrected chi connectivity index (χ0v) is 15.2. The summed E-state index contributed by atoms with van der Waals surface area (Å²) in [7, 11) is 7.32. The van der Waals surface area contributed by atoms with Gasteiger partial charge in [0.05, 0.1) is 22.4 Å². The average Bonchev–Trinajstić information content (AvgIpc) is 3.10. The maximum atomic E-state index is 12.3. The molecule has 24 heavy (non-hydrogen) atoms. The number of rotatable bonds is 3. The number of carbonyl (C=O) groups excluding carboxylic acids is 1. The van der Waals surface area contributed by atoms with Crippen LogP contribution in [0.15, 0.2) is 16.9 Å². The number of fused-ring (bicyclic) bond motifs is 1. The van der Waals surface area contributed by atoms with Crippen molar-refractivity contribution in [1.82, 2.24) is 14.5 Å². The van der Waals surface area contributed by atoms with Gasteiger partial charge in [0.25, 0.3) is 0 Å². The van der Waals surface area contributed by atoms with Crippen LogP contribution < -0.4 is 21.2 Å². The van der Waals surface area contributed by atoms with Crippen molar-refractivity contribution >= 4 is 40.2 Å². The average molecular weight is 349 g/mol. The molecule has 8 heteroatoms. The lowest BCUT2D eigenvalue weighted by Crippen LogP contribution is -2.38. The highest BCUT2D eigenvalue weighted by atomic mass is 32.2. The number of nitrogens with zero attached hydrogens (tertiary/aromatic N) is 3.